The van der Waals surface area contributed by atoms with Gasteiger partial charge >= 0.3 is 0 Å². The summed E-state index contributed by atoms with van der Waals surface area (Å²) in [6.45, 7) is 4.49. The zero-order valence-corrected chi connectivity index (χ0v) is 12.9. The number of rotatable bonds is 6. The van der Waals surface area contributed by atoms with Crippen molar-refractivity contribution >= 4 is 11.3 Å². The zero-order valence-electron chi connectivity index (χ0n) is 12.1. The fraction of sp³-hybridized carbons (Fsp3) is 0.400. The average molecular weight is 292 g/mol. The van der Waals surface area contributed by atoms with Crippen molar-refractivity contribution in [2.24, 2.45) is 5.73 Å². The highest BCUT2D eigenvalue weighted by atomic mass is 32.1. The van der Waals surface area contributed by atoms with Gasteiger partial charge in [-0.05, 0) is 31.0 Å². The zero-order chi connectivity index (χ0) is 14.5. The third-order valence-corrected chi connectivity index (χ3v) is 4.03. The van der Waals surface area contributed by atoms with E-state index >= 15 is 0 Å². The van der Waals surface area contributed by atoms with Crippen molar-refractivity contribution in [1.82, 2.24) is 4.98 Å². The van der Waals surface area contributed by atoms with E-state index in [1.165, 1.54) is 0 Å². The lowest BCUT2D eigenvalue weighted by atomic mass is 10.1. The van der Waals surface area contributed by atoms with Crippen molar-refractivity contribution in [2.75, 3.05) is 7.11 Å². The predicted molar refractivity (Wildman–Crippen MR) is 81.4 cm³/mol. The minimum absolute atomic E-state index is 0.0244. The van der Waals surface area contributed by atoms with Crippen LogP contribution >= 0.6 is 11.3 Å². The summed E-state index contributed by atoms with van der Waals surface area (Å²) in [7, 11) is 1.63. The van der Waals surface area contributed by atoms with Crippen LogP contribution in [0, 0.1) is 0 Å². The number of benzene rings is 1. The molecule has 0 unspecified atom stereocenters. The van der Waals surface area contributed by atoms with Gasteiger partial charge in [-0.25, -0.2) is 4.98 Å². The van der Waals surface area contributed by atoms with E-state index in [2.05, 4.69) is 11.9 Å². The highest BCUT2D eigenvalue weighted by Gasteiger charge is 2.09. The molecule has 0 saturated heterocycles. The van der Waals surface area contributed by atoms with Crippen LogP contribution in [0.4, 0.5) is 0 Å². The summed E-state index contributed by atoms with van der Waals surface area (Å²) in [5.74, 6) is 1.41. The first-order valence-corrected chi connectivity index (χ1v) is 7.51. The Hall–Kier alpha value is -1.59. The summed E-state index contributed by atoms with van der Waals surface area (Å²) >= 11 is 1.66. The Labute approximate surface area is 123 Å². The fourth-order valence-corrected chi connectivity index (χ4v) is 2.55. The molecule has 0 bridgehead atoms. The number of nitrogens with zero attached hydrogens (tertiary/aromatic N) is 1. The normalized spacial score (nSPS) is 12.2. The Bertz CT molecular complexity index is 567. The molecule has 0 radical (unpaired) electrons. The second-order valence-electron chi connectivity index (χ2n) is 4.57. The summed E-state index contributed by atoms with van der Waals surface area (Å²) in [4.78, 5) is 4.48. The molecule has 5 heteroatoms. The van der Waals surface area contributed by atoms with Crippen LogP contribution in [0.15, 0.2) is 23.6 Å². The molecule has 0 aliphatic rings. The van der Waals surface area contributed by atoms with Crippen molar-refractivity contribution in [3.63, 3.8) is 0 Å². The SMILES string of the molecule is CCc1nc(COc2ccc([C@H](C)N)cc2OC)cs1. The van der Waals surface area contributed by atoms with Crippen molar-refractivity contribution in [3.05, 3.63) is 39.8 Å². The molecule has 1 heterocycles. The molecule has 1 aromatic heterocycles. The van der Waals surface area contributed by atoms with Gasteiger partial charge in [0.1, 0.15) is 6.61 Å². The minimum atomic E-state index is -0.0244. The first-order valence-electron chi connectivity index (χ1n) is 6.63. The number of aromatic nitrogens is 1. The molecule has 4 nitrogen and oxygen atoms in total. The highest BCUT2D eigenvalue weighted by molar-refractivity contribution is 7.09. The first-order chi connectivity index (χ1) is 9.63. The molecule has 1 aromatic carbocycles. The van der Waals surface area contributed by atoms with E-state index in [1.807, 2.05) is 30.5 Å². The Balaban J connectivity index is 2.08. The Kier molecular flexibility index (Phi) is 4.98. The van der Waals surface area contributed by atoms with Crippen molar-refractivity contribution in [3.8, 4) is 11.5 Å². The maximum absolute atomic E-state index is 5.87. The van der Waals surface area contributed by atoms with Crippen molar-refractivity contribution < 1.29 is 9.47 Å². The quantitative estimate of drug-likeness (QED) is 0.887. The minimum Gasteiger partial charge on any atom is -0.493 e. The van der Waals surface area contributed by atoms with E-state index in [0.717, 1.165) is 22.7 Å². The van der Waals surface area contributed by atoms with Gasteiger partial charge in [0.15, 0.2) is 11.5 Å². The maximum Gasteiger partial charge on any atom is 0.161 e. The third kappa shape index (κ3) is 3.49. The summed E-state index contributed by atoms with van der Waals surface area (Å²) in [6.07, 6.45) is 0.955. The molecular weight excluding hydrogens is 272 g/mol. The molecule has 0 aliphatic heterocycles. The van der Waals surface area contributed by atoms with Gasteiger partial charge < -0.3 is 15.2 Å². The Morgan fingerprint density at radius 2 is 2.15 bits per heavy atom. The summed E-state index contributed by atoms with van der Waals surface area (Å²) in [5, 5.41) is 3.16. The first kappa shape index (κ1) is 14.8. The van der Waals surface area contributed by atoms with E-state index in [4.69, 9.17) is 15.2 Å². The lowest BCUT2D eigenvalue weighted by Crippen LogP contribution is -2.05. The number of hydrogen-bond donors (Lipinski definition) is 1. The molecule has 108 valence electrons. The van der Waals surface area contributed by atoms with Gasteiger partial charge in [0.2, 0.25) is 0 Å². The lowest BCUT2D eigenvalue weighted by molar-refractivity contribution is 0.281. The number of aryl methyl sites for hydroxylation is 1. The van der Waals surface area contributed by atoms with Gasteiger partial charge in [-0.2, -0.15) is 0 Å². The largest absolute Gasteiger partial charge is 0.493 e. The van der Waals surface area contributed by atoms with E-state index in [9.17, 15) is 0 Å². The molecular formula is C15H20N2O2S. The molecule has 2 N–H and O–H groups in total. The van der Waals surface area contributed by atoms with Crippen LogP contribution in [-0.4, -0.2) is 12.1 Å². The number of thiazole rings is 1. The molecule has 0 fully saturated rings. The van der Waals surface area contributed by atoms with Gasteiger partial charge in [-0.3, -0.25) is 0 Å². The van der Waals surface area contributed by atoms with Gasteiger partial charge in [0.05, 0.1) is 17.8 Å². The van der Waals surface area contributed by atoms with E-state index < -0.39 is 0 Å². The van der Waals surface area contributed by atoms with Crippen LogP contribution in [0.25, 0.3) is 0 Å². The molecule has 2 rings (SSSR count). The van der Waals surface area contributed by atoms with Gasteiger partial charge in [-0.1, -0.05) is 13.0 Å². The van der Waals surface area contributed by atoms with Crippen LogP contribution in [0.2, 0.25) is 0 Å². The Morgan fingerprint density at radius 1 is 1.35 bits per heavy atom. The smallest absolute Gasteiger partial charge is 0.161 e. The third-order valence-electron chi connectivity index (χ3n) is 2.99. The maximum atomic E-state index is 5.87. The molecule has 2 aromatic rings. The molecule has 0 amide bonds. The monoisotopic (exact) mass is 292 g/mol. The number of ether oxygens (including phenoxy) is 2. The lowest BCUT2D eigenvalue weighted by Gasteiger charge is -2.13. The van der Waals surface area contributed by atoms with Crippen LogP contribution in [0.5, 0.6) is 11.5 Å². The summed E-state index contributed by atoms with van der Waals surface area (Å²) in [5.41, 5.74) is 7.84. The molecule has 0 saturated carbocycles. The summed E-state index contributed by atoms with van der Waals surface area (Å²) in [6, 6.07) is 5.74. The van der Waals surface area contributed by atoms with Crippen LogP contribution in [0.1, 0.15) is 36.2 Å². The average Bonchev–Trinajstić information content (AvgIpc) is 2.92. The van der Waals surface area contributed by atoms with E-state index in [-0.39, 0.29) is 6.04 Å². The van der Waals surface area contributed by atoms with Gasteiger partial charge in [0.25, 0.3) is 0 Å². The van der Waals surface area contributed by atoms with Crippen LogP contribution < -0.4 is 15.2 Å². The van der Waals surface area contributed by atoms with Crippen LogP contribution in [0.3, 0.4) is 0 Å². The second-order valence-corrected chi connectivity index (χ2v) is 5.52. The molecule has 0 spiro atoms. The van der Waals surface area contributed by atoms with Gasteiger partial charge in [-0.15, -0.1) is 11.3 Å². The van der Waals surface area contributed by atoms with Crippen LogP contribution in [-0.2, 0) is 13.0 Å². The van der Waals surface area contributed by atoms with E-state index in [0.29, 0.717) is 18.1 Å². The summed E-state index contributed by atoms with van der Waals surface area (Å²) < 4.78 is 11.1. The molecule has 0 aliphatic carbocycles. The molecule has 20 heavy (non-hydrogen) atoms. The fourth-order valence-electron chi connectivity index (χ4n) is 1.82. The Morgan fingerprint density at radius 3 is 2.75 bits per heavy atom. The topological polar surface area (TPSA) is 57.4 Å². The number of nitrogens with two attached hydrogens (primary N) is 1. The standard InChI is InChI=1S/C15H20N2O2S/c1-4-15-17-12(9-20-15)8-19-13-6-5-11(10(2)16)7-14(13)18-3/h5-7,9-10H,4,8,16H2,1-3H3/t10-/m0/s1. The van der Waals surface area contributed by atoms with Crippen molar-refractivity contribution in [2.45, 2.75) is 32.9 Å². The molecule has 1 atom stereocenters. The predicted octanol–water partition coefficient (Wildman–Crippen LogP) is 3.31. The number of hydrogen-bond acceptors (Lipinski definition) is 5. The second kappa shape index (κ2) is 6.72. The van der Waals surface area contributed by atoms with Gasteiger partial charge in [0, 0.05) is 11.4 Å². The van der Waals surface area contributed by atoms with Crippen molar-refractivity contribution in [1.29, 1.82) is 0 Å². The highest BCUT2D eigenvalue weighted by Crippen LogP contribution is 2.30. The number of methoxy groups -OCH3 is 1. The van der Waals surface area contributed by atoms with E-state index in [1.54, 1.807) is 18.4 Å².